The van der Waals surface area contributed by atoms with Gasteiger partial charge in [-0.05, 0) is 24.3 Å². The molecule has 106 valence electrons. The second kappa shape index (κ2) is 6.31. The molecule has 1 heterocycles. The first-order chi connectivity index (χ1) is 9.62. The molecule has 1 aromatic heterocycles. The third-order valence-corrected chi connectivity index (χ3v) is 2.91. The van der Waals surface area contributed by atoms with Crippen molar-refractivity contribution in [2.45, 2.75) is 12.5 Å². The Labute approximate surface area is 115 Å². The first-order valence-electron chi connectivity index (χ1n) is 6.19. The van der Waals surface area contributed by atoms with Gasteiger partial charge in [-0.1, -0.05) is 0 Å². The van der Waals surface area contributed by atoms with Gasteiger partial charge in [0.15, 0.2) is 0 Å². The third-order valence-electron chi connectivity index (χ3n) is 2.91. The van der Waals surface area contributed by atoms with Crippen molar-refractivity contribution in [2.75, 3.05) is 19.0 Å². The standard InChI is InChI=1S/C14H16N2O4/c1-19-11(8-15)7-13(17)16-10-3-4-12-9(6-10)2-5-14(18)20-12/h2-6,11H,7-8,15H2,1H3,(H,16,17). The van der Waals surface area contributed by atoms with Crippen LogP contribution in [0.3, 0.4) is 0 Å². The third kappa shape index (κ3) is 3.43. The highest BCUT2D eigenvalue weighted by atomic mass is 16.5. The number of nitrogens with one attached hydrogen (secondary N) is 1. The first kappa shape index (κ1) is 14.2. The van der Waals surface area contributed by atoms with Crippen LogP contribution < -0.4 is 16.7 Å². The van der Waals surface area contributed by atoms with Crippen LogP contribution in [0, 0.1) is 0 Å². The molecular formula is C14H16N2O4. The quantitative estimate of drug-likeness (QED) is 0.797. The van der Waals surface area contributed by atoms with Gasteiger partial charge in [-0.3, -0.25) is 4.79 Å². The van der Waals surface area contributed by atoms with E-state index in [-0.39, 0.29) is 25.0 Å². The molecule has 0 aliphatic heterocycles. The Morgan fingerprint density at radius 3 is 2.90 bits per heavy atom. The SMILES string of the molecule is COC(CN)CC(=O)Nc1ccc2oc(=O)ccc2c1. The van der Waals surface area contributed by atoms with E-state index in [1.807, 2.05) is 0 Å². The fraction of sp³-hybridized carbons (Fsp3) is 0.286. The smallest absolute Gasteiger partial charge is 0.336 e. The lowest BCUT2D eigenvalue weighted by Crippen LogP contribution is -2.28. The van der Waals surface area contributed by atoms with E-state index in [2.05, 4.69) is 5.32 Å². The van der Waals surface area contributed by atoms with Crippen LogP contribution in [0.25, 0.3) is 11.0 Å². The van der Waals surface area contributed by atoms with E-state index in [1.165, 1.54) is 13.2 Å². The zero-order valence-corrected chi connectivity index (χ0v) is 11.1. The number of carbonyl (C=O) groups is 1. The van der Waals surface area contributed by atoms with E-state index in [9.17, 15) is 9.59 Å². The number of anilines is 1. The molecule has 0 aliphatic rings. The Morgan fingerprint density at radius 1 is 1.40 bits per heavy atom. The fourth-order valence-corrected chi connectivity index (χ4v) is 1.83. The minimum absolute atomic E-state index is 0.181. The van der Waals surface area contributed by atoms with Gasteiger partial charge in [0.2, 0.25) is 5.91 Å². The molecule has 1 atom stereocenters. The molecule has 0 saturated carbocycles. The lowest BCUT2D eigenvalue weighted by Gasteiger charge is -2.12. The zero-order chi connectivity index (χ0) is 14.5. The van der Waals surface area contributed by atoms with E-state index in [0.717, 1.165) is 5.39 Å². The Balaban J connectivity index is 2.12. The van der Waals surface area contributed by atoms with Gasteiger partial charge in [0, 0.05) is 30.8 Å². The molecule has 6 heteroatoms. The number of carbonyl (C=O) groups excluding carboxylic acids is 1. The summed E-state index contributed by atoms with van der Waals surface area (Å²) in [4.78, 5) is 22.9. The summed E-state index contributed by atoms with van der Waals surface area (Å²) in [5.41, 5.74) is 6.17. The highest BCUT2D eigenvalue weighted by molar-refractivity contribution is 5.93. The highest BCUT2D eigenvalue weighted by Crippen LogP contribution is 2.17. The predicted octanol–water partition coefficient (Wildman–Crippen LogP) is 1.10. The summed E-state index contributed by atoms with van der Waals surface area (Å²) in [5, 5.41) is 3.49. The summed E-state index contributed by atoms with van der Waals surface area (Å²) in [6.07, 6.45) is -0.108. The van der Waals surface area contributed by atoms with Gasteiger partial charge in [-0.2, -0.15) is 0 Å². The fourth-order valence-electron chi connectivity index (χ4n) is 1.83. The largest absolute Gasteiger partial charge is 0.423 e. The molecule has 0 spiro atoms. The number of rotatable bonds is 5. The van der Waals surface area contributed by atoms with Gasteiger partial charge in [-0.15, -0.1) is 0 Å². The number of methoxy groups -OCH3 is 1. The summed E-state index contributed by atoms with van der Waals surface area (Å²) >= 11 is 0. The van der Waals surface area contributed by atoms with Crippen LogP contribution >= 0.6 is 0 Å². The Hall–Kier alpha value is -2.18. The van der Waals surface area contributed by atoms with E-state index in [1.54, 1.807) is 24.3 Å². The van der Waals surface area contributed by atoms with Crippen LogP contribution in [0.2, 0.25) is 0 Å². The minimum Gasteiger partial charge on any atom is -0.423 e. The number of fused-ring (bicyclic) bond motifs is 1. The first-order valence-corrected chi connectivity index (χ1v) is 6.19. The van der Waals surface area contributed by atoms with Crippen molar-refractivity contribution in [2.24, 2.45) is 5.73 Å². The predicted molar refractivity (Wildman–Crippen MR) is 75.6 cm³/mol. The molecular weight excluding hydrogens is 260 g/mol. The Bertz CT molecular complexity index is 662. The number of ether oxygens (including phenoxy) is 1. The van der Waals surface area contributed by atoms with Crippen molar-refractivity contribution in [3.63, 3.8) is 0 Å². The molecule has 0 bridgehead atoms. The molecule has 2 rings (SSSR count). The maximum Gasteiger partial charge on any atom is 0.336 e. The second-order valence-electron chi connectivity index (χ2n) is 4.35. The lowest BCUT2D eigenvalue weighted by molar-refractivity contribution is -0.118. The summed E-state index contributed by atoms with van der Waals surface area (Å²) in [5.74, 6) is -0.181. The van der Waals surface area contributed by atoms with E-state index < -0.39 is 5.63 Å². The van der Waals surface area contributed by atoms with E-state index >= 15 is 0 Å². The molecule has 0 radical (unpaired) electrons. The maximum absolute atomic E-state index is 11.8. The van der Waals surface area contributed by atoms with E-state index in [0.29, 0.717) is 11.3 Å². The van der Waals surface area contributed by atoms with E-state index in [4.69, 9.17) is 14.9 Å². The van der Waals surface area contributed by atoms with Crippen LogP contribution in [-0.4, -0.2) is 25.7 Å². The average Bonchev–Trinajstić information content (AvgIpc) is 2.45. The van der Waals surface area contributed by atoms with Crippen molar-refractivity contribution >= 4 is 22.6 Å². The molecule has 1 aromatic carbocycles. The van der Waals surface area contributed by atoms with Crippen LogP contribution in [0.5, 0.6) is 0 Å². The van der Waals surface area contributed by atoms with Crippen LogP contribution in [0.4, 0.5) is 5.69 Å². The van der Waals surface area contributed by atoms with Gasteiger partial charge >= 0.3 is 5.63 Å². The number of nitrogens with two attached hydrogens (primary N) is 1. The van der Waals surface area contributed by atoms with Crippen molar-refractivity contribution in [1.82, 2.24) is 0 Å². The average molecular weight is 276 g/mol. The zero-order valence-electron chi connectivity index (χ0n) is 11.1. The minimum atomic E-state index is -0.403. The Morgan fingerprint density at radius 2 is 2.20 bits per heavy atom. The van der Waals surface area contributed by atoms with Crippen LogP contribution in [0.1, 0.15) is 6.42 Å². The van der Waals surface area contributed by atoms with Gasteiger partial charge < -0.3 is 20.2 Å². The van der Waals surface area contributed by atoms with Crippen molar-refractivity contribution < 1.29 is 13.9 Å². The lowest BCUT2D eigenvalue weighted by atomic mass is 10.2. The topological polar surface area (TPSA) is 94.6 Å². The van der Waals surface area contributed by atoms with Gasteiger partial charge in [0.1, 0.15) is 5.58 Å². The molecule has 0 aliphatic carbocycles. The molecule has 1 unspecified atom stereocenters. The van der Waals surface area contributed by atoms with Gasteiger partial charge in [0.25, 0.3) is 0 Å². The van der Waals surface area contributed by atoms with Crippen molar-refractivity contribution in [3.05, 3.63) is 40.8 Å². The normalized spacial score (nSPS) is 12.3. The highest BCUT2D eigenvalue weighted by Gasteiger charge is 2.11. The summed E-state index contributed by atoms with van der Waals surface area (Å²) in [7, 11) is 1.52. The van der Waals surface area contributed by atoms with Crippen LogP contribution in [0.15, 0.2) is 39.5 Å². The Kier molecular flexibility index (Phi) is 4.49. The maximum atomic E-state index is 11.8. The molecule has 20 heavy (non-hydrogen) atoms. The summed E-state index contributed by atoms with van der Waals surface area (Å²) in [6, 6.07) is 8.04. The van der Waals surface area contributed by atoms with Crippen LogP contribution in [-0.2, 0) is 9.53 Å². The van der Waals surface area contributed by atoms with Gasteiger partial charge in [-0.25, -0.2) is 4.79 Å². The van der Waals surface area contributed by atoms with Crippen molar-refractivity contribution in [3.8, 4) is 0 Å². The van der Waals surface area contributed by atoms with Crippen molar-refractivity contribution in [1.29, 1.82) is 0 Å². The molecule has 3 N–H and O–H groups in total. The summed E-state index contributed by atoms with van der Waals surface area (Å²) in [6.45, 7) is 0.285. The molecule has 2 aromatic rings. The number of hydrogen-bond donors (Lipinski definition) is 2. The number of hydrogen-bond acceptors (Lipinski definition) is 5. The monoisotopic (exact) mass is 276 g/mol. The number of benzene rings is 1. The molecule has 0 fully saturated rings. The number of amides is 1. The van der Waals surface area contributed by atoms with Gasteiger partial charge in [0.05, 0.1) is 12.5 Å². The summed E-state index contributed by atoms with van der Waals surface area (Å²) < 4.78 is 10.1. The molecule has 0 saturated heterocycles. The second-order valence-corrected chi connectivity index (χ2v) is 4.35. The molecule has 1 amide bonds. The molecule has 6 nitrogen and oxygen atoms in total.